The van der Waals surface area contributed by atoms with Gasteiger partial charge in [-0.1, -0.05) is 30.0 Å². The molecule has 2 aromatic carbocycles. The van der Waals surface area contributed by atoms with E-state index in [9.17, 15) is 8.42 Å². The molecule has 0 saturated heterocycles. The quantitative estimate of drug-likeness (QED) is 0.685. The lowest BCUT2D eigenvalue weighted by atomic mass is 10.4. The van der Waals surface area contributed by atoms with Gasteiger partial charge in [0, 0.05) is 25.4 Å². The standard InChI is InChI=1S/C12H9ClO2S3/c13-18(14,15)10-6-7-11(16)12(8-10)17-9-4-2-1-3-5-9/h1-8,16H. The first-order valence-electron chi connectivity index (χ1n) is 4.97. The van der Waals surface area contributed by atoms with E-state index >= 15 is 0 Å². The summed E-state index contributed by atoms with van der Waals surface area (Å²) in [4.78, 5) is 2.57. The predicted octanol–water partition coefficient (Wildman–Crippen LogP) is 4.05. The molecule has 2 aromatic rings. The summed E-state index contributed by atoms with van der Waals surface area (Å²) in [5.74, 6) is 0. The summed E-state index contributed by atoms with van der Waals surface area (Å²) in [6, 6.07) is 14.3. The molecular formula is C12H9ClO2S3. The van der Waals surface area contributed by atoms with Gasteiger partial charge >= 0.3 is 0 Å². The van der Waals surface area contributed by atoms with Gasteiger partial charge in [0.15, 0.2) is 0 Å². The van der Waals surface area contributed by atoms with Gasteiger partial charge in [-0.05, 0) is 30.3 Å². The zero-order chi connectivity index (χ0) is 13.2. The molecule has 2 rings (SSSR count). The molecule has 0 saturated carbocycles. The monoisotopic (exact) mass is 316 g/mol. The Hall–Kier alpha value is -0.620. The van der Waals surface area contributed by atoms with Crippen molar-refractivity contribution < 1.29 is 8.42 Å². The lowest BCUT2D eigenvalue weighted by molar-refractivity contribution is 0.609. The van der Waals surface area contributed by atoms with Crippen molar-refractivity contribution in [2.75, 3.05) is 0 Å². The number of halogens is 1. The first kappa shape index (κ1) is 13.8. The molecule has 0 radical (unpaired) electrons. The predicted molar refractivity (Wildman–Crippen MR) is 77.3 cm³/mol. The van der Waals surface area contributed by atoms with Crippen LogP contribution in [0, 0.1) is 0 Å². The van der Waals surface area contributed by atoms with Gasteiger partial charge < -0.3 is 0 Å². The largest absolute Gasteiger partial charge is 0.261 e. The molecule has 2 nitrogen and oxygen atoms in total. The fourth-order valence-corrected chi connectivity index (χ4v) is 3.38. The van der Waals surface area contributed by atoms with E-state index in [1.165, 1.54) is 23.9 Å². The van der Waals surface area contributed by atoms with Crippen LogP contribution >= 0.6 is 35.1 Å². The van der Waals surface area contributed by atoms with E-state index in [0.717, 1.165) is 9.79 Å². The van der Waals surface area contributed by atoms with Crippen LogP contribution in [0.1, 0.15) is 0 Å². The first-order chi connectivity index (χ1) is 8.47. The molecule has 0 bridgehead atoms. The molecule has 0 unspecified atom stereocenters. The molecule has 0 heterocycles. The van der Waals surface area contributed by atoms with Crippen LogP contribution in [0.25, 0.3) is 0 Å². The Kier molecular flexibility index (Phi) is 4.27. The summed E-state index contributed by atoms with van der Waals surface area (Å²) in [5, 5.41) is 0. The van der Waals surface area contributed by atoms with Crippen LogP contribution in [0.5, 0.6) is 0 Å². The molecule has 0 aromatic heterocycles. The number of hydrogen-bond donors (Lipinski definition) is 1. The maximum Gasteiger partial charge on any atom is 0.261 e. The fraction of sp³-hybridized carbons (Fsp3) is 0. The SMILES string of the molecule is O=S(=O)(Cl)c1ccc(S)c(Sc2ccccc2)c1. The molecule has 0 aliphatic heterocycles. The lowest BCUT2D eigenvalue weighted by Crippen LogP contribution is -1.91. The Morgan fingerprint density at radius 2 is 1.72 bits per heavy atom. The Morgan fingerprint density at radius 1 is 1.06 bits per heavy atom. The van der Waals surface area contributed by atoms with E-state index in [1.807, 2.05) is 30.3 Å². The van der Waals surface area contributed by atoms with Crippen molar-refractivity contribution in [3.63, 3.8) is 0 Å². The molecule has 0 aliphatic carbocycles. The average Bonchev–Trinajstić information content (AvgIpc) is 2.32. The third kappa shape index (κ3) is 3.45. The minimum absolute atomic E-state index is 0.0837. The zero-order valence-electron chi connectivity index (χ0n) is 9.08. The molecule has 18 heavy (non-hydrogen) atoms. The summed E-state index contributed by atoms with van der Waals surface area (Å²) in [6.45, 7) is 0. The summed E-state index contributed by atoms with van der Waals surface area (Å²) >= 11 is 5.76. The third-order valence-electron chi connectivity index (χ3n) is 2.18. The van der Waals surface area contributed by atoms with Gasteiger partial charge in [0.2, 0.25) is 0 Å². The fourth-order valence-electron chi connectivity index (χ4n) is 1.34. The molecule has 6 heteroatoms. The molecule has 0 fully saturated rings. The lowest BCUT2D eigenvalue weighted by Gasteiger charge is -2.06. The van der Waals surface area contributed by atoms with Crippen molar-refractivity contribution in [2.45, 2.75) is 19.6 Å². The van der Waals surface area contributed by atoms with Gasteiger partial charge in [0.05, 0.1) is 4.90 Å². The topological polar surface area (TPSA) is 34.1 Å². The van der Waals surface area contributed by atoms with Crippen molar-refractivity contribution >= 4 is 44.1 Å². The number of thiol groups is 1. The van der Waals surface area contributed by atoms with Crippen molar-refractivity contribution in [1.82, 2.24) is 0 Å². The third-order valence-corrected chi connectivity index (χ3v) is 5.14. The van der Waals surface area contributed by atoms with E-state index in [2.05, 4.69) is 12.6 Å². The summed E-state index contributed by atoms with van der Waals surface area (Å²) in [6.07, 6.45) is 0. The Labute approximate surface area is 120 Å². The van der Waals surface area contributed by atoms with Gasteiger partial charge in [0.1, 0.15) is 0 Å². The van der Waals surface area contributed by atoms with Crippen LogP contribution in [0.15, 0.2) is 68.1 Å². The van der Waals surface area contributed by atoms with E-state index < -0.39 is 9.05 Å². The second kappa shape index (κ2) is 5.57. The maximum absolute atomic E-state index is 11.3. The number of rotatable bonds is 3. The van der Waals surface area contributed by atoms with Crippen LogP contribution in [0.4, 0.5) is 0 Å². The average molecular weight is 317 g/mol. The van der Waals surface area contributed by atoms with E-state index in [4.69, 9.17) is 10.7 Å². The summed E-state index contributed by atoms with van der Waals surface area (Å²) in [5.41, 5.74) is 0. The number of benzene rings is 2. The molecule has 94 valence electrons. The number of hydrogen-bond acceptors (Lipinski definition) is 4. The van der Waals surface area contributed by atoms with Crippen LogP contribution in [-0.2, 0) is 9.05 Å². The molecule has 0 aliphatic rings. The highest BCUT2D eigenvalue weighted by atomic mass is 35.7. The van der Waals surface area contributed by atoms with Gasteiger partial charge in [0.25, 0.3) is 9.05 Å². The Balaban J connectivity index is 2.39. The molecule has 0 amide bonds. The van der Waals surface area contributed by atoms with Gasteiger partial charge in [-0.2, -0.15) is 0 Å². The van der Waals surface area contributed by atoms with Crippen LogP contribution in [0.2, 0.25) is 0 Å². The van der Waals surface area contributed by atoms with Gasteiger partial charge in [-0.15, -0.1) is 12.6 Å². The van der Waals surface area contributed by atoms with Crippen molar-refractivity contribution in [3.05, 3.63) is 48.5 Å². The van der Waals surface area contributed by atoms with Crippen LogP contribution in [0.3, 0.4) is 0 Å². The summed E-state index contributed by atoms with van der Waals surface area (Å²) < 4.78 is 22.6. The Morgan fingerprint density at radius 3 is 2.33 bits per heavy atom. The second-order valence-corrected chi connectivity index (χ2v) is 7.65. The van der Waals surface area contributed by atoms with Crippen molar-refractivity contribution in [3.8, 4) is 0 Å². The van der Waals surface area contributed by atoms with Crippen molar-refractivity contribution in [2.24, 2.45) is 0 Å². The van der Waals surface area contributed by atoms with Gasteiger partial charge in [-0.25, -0.2) is 8.42 Å². The van der Waals surface area contributed by atoms with Gasteiger partial charge in [-0.3, -0.25) is 0 Å². The summed E-state index contributed by atoms with van der Waals surface area (Å²) in [7, 11) is 1.61. The molecule has 0 atom stereocenters. The zero-order valence-corrected chi connectivity index (χ0v) is 12.4. The first-order valence-corrected chi connectivity index (χ1v) is 8.55. The highest BCUT2D eigenvalue weighted by Gasteiger charge is 2.12. The Bertz CT molecular complexity index is 654. The maximum atomic E-state index is 11.3. The normalized spacial score (nSPS) is 11.4. The van der Waals surface area contributed by atoms with E-state index in [1.54, 1.807) is 6.07 Å². The highest BCUT2D eigenvalue weighted by Crippen LogP contribution is 2.34. The van der Waals surface area contributed by atoms with Crippen molar-refractivity contribution in [1.29, 1.82) is 0 Å². The minimum atomic E-state index is -3.71. The van der Waals surface area contributed by atoms with E-state index in [0.29, 0.717) is 4.90 Å². The smallest absolute Gasteiger partial charge is 0.207 e. The molecule has 0 N–H and O–H groups in total. The molecule has 0 spiro atoms. The van der Waals surface area contributed by atoms with Crippen LogP contribution in [-0.4, -0.2) is 8.42 Å². The highest BCUT2D eigenvalue weighted by molar-refractivity contribution is 8.13. The molecular weight excluding hydrogens is 308 g/mol. The second-order valence-electron chi connectivity index (χ2n) is 3.48. The van der Waals surface area contributed by atoms with Crippen LogP contribution < -0.4 is 0 Å². The minimum Gasteiger partial charge on any atom is -0.207 e. The van der Waals surface area contributed by atoms with E-state index in [-0.39, 0.29) is 4.90 Å².